The van der Waals surface area contributed by atoms with Gasteiger partial charge in [0.05, 0.1) is 21.8 Å². The quantitative estimate of drug-likeness (QED) is 0.201. The lowest BCUT2D eigenvalue weighted by Gasteiger charge is -2.44. The molecule has 4 heterocycles. The van der Waals surface area contributed by atoms with Crippen LogP contribution >= 0.6 is 11.6 Å². The van der Waals surface area contributed by atoms with Gasteiger partial charge < -0.3 is 9.80 Å². The molecular weight excluding hydrogens is 558 g/mol. The first-order chi connectivity index (χ1) is 20.7. The number of halogens is 1. The molecule has 1 fully saturated rings. The second-order valence-corrected chi connectivity index (χ2v) is 12.2. The highest BCUT2D eigenvalue weighted by molar-refractivity contribution is 6.34. The van der Waals surface area contributed by atoms with E-state index in [2.05, 4.69) is 61.7 Å². The summed E-state index contributed by atoms with van der Waals surface area (Å²) in [6, 6.07) is 16.1. The number of fused-ring (bicyclic) bond motifs is 5. The van der Waals surface area contributed by atoms with Gasteiger partial charge in [0, 0.05) is 30.7 Å². The van der Waals surface area contributed by atoms with Crippen molar-refractivity contribution in [3.05, 3.63) is 106 Å². The Balaban J connectivity index is 1.68. The minimum atomic E-state index is -0.392. The average molecular weight is 594 g/mol. The predicted molar refractivity (Wildman–Crippen MR) is 174 cm³/mol. The van der Waals surface area contributed by atoms with E-state index in [4.69, 9.17) is 21.6 Å². The number of benzene rings is 2. The number of pyridine rings is 1. The van der Waals surface area contributed by atoms with Gasteiger partial charge in [0.1, 0.15) is 5.82 Å². The fourth-order valence-electron chi connectivity index (χ4n) is 6.43. The van der Waals surface area contributed by atoms with E-state index in [-0.39, 0.29) is 23.9 Å². The minimum Gasteiger partial charge on any atom is -0.349 e. The van der Waals surface area contributed by atoms with E-state index in [1.54, 1.807) is 4.57 Å². The first-order valence-corrected chi connectivity index (χ1v) is 15.3. The summed E-state index contributed by atoms with van der Waals surface area (Å²) in [6.07, 6.45) is 7.10. The fraction of sp³-hybridized carbons (Fsp3) is 0.314. The molecule has 0 unspecified atom stereocenters. The minimum absolute atomic E-state index is 0.0977. The number of carbonyl (C=O) groups is 1. The van der Waals surface area contributed by atoms with Crippen molar-refractivity contribution in [3.63, 3.8) is 0 Å². The molecule has 0 aliphatic carbocycles. The molecule has 0 saturated carbocycles. The van der Waals surface area contributed by atoms with Gasteiger partial charge in [0.2, 0.25) is 5.91 Å². The van der Waals surface area contributed by atoms with E-state index in [0.717, 1.165) is 34.4 Å². The number of carbonyl (C=O) groups excluding carboxylic acids is 1. The van der Waals surface area contributed by atoms with Crippen molar-refractivity contribution in [1.29, 1.82) is 0 Å². The van der Waals surface area contributed by atoms with E-state index in [1.165, 1.54) is 6.08 Å². The zero-order valence-corrected chi connectivity index (χ0v) is 25.8. The van der Waals surface area contributed by atoms with Crippen molar-refractivity contribution in [2.24, 2.45) is 0 Å². The lowest BCUT2D eigenvalue weighted by molar-refractivity contribution is -0.128. The van der Waals surface area contributed by atoms with E-state index < -0.39 is 5.69 Å². The zero-order valence-electron chi connectivity index (χ0n) is 25.0. The van der Waals surface area contributed by atoms with Crippen LogP contribution in [0.4, 0.5) is 5.82 Å². The maximum absolute atomic E-state index is 14.3. The fourth-order valence-corrected chi connectivity index (χ4v) is 6.68. The van der Waals surface area contributed by atoms with Crippen LogP contribution in [-0.2, 0) is 17.6 Å². The normalized spacial score (nSPS) is 19.0. The number of allylic oxidation sites excluding steroid dienone is 2. The topological polar surface area (TPSA) is 71.3 Å². The van der Waals surface area contributed by atoms with Gasteiger partial charge >= 0.3 is 5.69 Å². The van der Waals surface area contributed by atoms with Gasteiger partial charge in [0.15, 0.2) is 5.65 Å². The Bertz CT molecular complexity index is 1840. The van der Waals surface area contributed by atoms with Crippen LogP contribution in [0.5, 0.6) is 0 Å². The first-order valence-electron chi connectivity index (χ1n) is 14.9. The van der Waals surface area contributed by atoms with Gasteiger partial charge in [-0.15, -0.1) is 0 Å². The standard InChI is InChI=1S/C35H36ClN5O2/c1-6-30(42)39-19-23(5)40(20-22(39)4)33-28-18-29(36)31-27-16-10-9-13-24(27)12-7-8-14-25-15-11-17-26(21(2)3)32(25)41(34(28)37-31)35(43)38-33/h6-11,13,15-18,21-23H,1,12,14,19-20H2,2-5H3/b8-7+/t22-,23+/m1/s1. The van der Waals surface area contributed by atoms with Crippen molar-refractivity contribution < 1.29 is 4.79 Å². The first kappa shape index (κ1) is 28.9. The molecule has 0 N–H and O–H groups in total. The molecule has 8 heteroatoms. The Morgan fingerprint density at radius 2 is 1.72 bits per heavy atom. The summed E-state index contributed by atoms with van der Waals surface area (Å²) >= 11 is 7.06. The summed E-state index contributed by atoms with van der Waals surface area (Å²) in [5.74, 6) is 0.594. The molecule has 2 aromatic carbocycles. The van der Waals surface area contributed by atoms with Gasteiger partial charge in [-0.2, -0.15) is 4.98 Å². The summed E-state index contributed by atoms with van der Waals surface area (Å²) in [5, 5.41) is 1.19. The van der Waals surface area contributed by atoms with Crippen LogP contribution in [0, 0.1) is 0 Å². The number of hydrogen-bond donors (Lipinski definition) is 0. The lowest BCUT2D eigenvalue weighted by atomic mass is 9.95. The second kappa shape index (κ2) is 11.5. The third-order valence-corrected chi connectivity index (χ3v) is 8.92. The van der Waals surface area contributed by atoms with Crippen LogP contribution in [0.2, 0.25) is 5.02 Å². The van der Waals surface area contributed by atoms with Gasteiger partial charge in [-0.05, 0) is 61.4 Å². The van der Waals surface area contributed by atoms with Crippen LogP contribution < -0.4 is 10.6 Å². The summed E-state index contributed by atoms with van der Waals surface area (Å²) in [4.78, 5) is 40.7. The molecule has 1 saturated heterocycles. The monoisotopic (exact) mass is 593 g/mol. The molecule has 7 nitrogen and oxygen atoms in total. The highest BCUT2D eigenvalue weighted by Crippen LogP contribution is 2.37. The van der Waals surface area contributed by atoms with E-state index in [1.807, 2.05) is 43.0 Å². The molecule has 1 amide bonds. The number of anilines is 1. The molecule has 2 aliphatic rings. The third kappa shape index (κ3) is 5.06. The summed E-state index contributed by atoms with van der Waals surface area (Å²) < 4.78 is 1.69. The van der Waals surface area contributed by atoms with Crippen molar-refractivity contribution in [2.45, 2.75) is 58.5 Å². The van der Waals surface area contributed by atoms with Crippen LogP contribution in [0.25, 0.3) is 28.0 Å². The molecule has 2 bridgehead atoms. The van der Waals surface area contributed by atoms with Crippen LogP contribution in [0.1, 0.15) is 50.3 Å². The van der Waals surface area contributed by atoms with E-state index >= 15 is 0 Å². The highest BCUT2D eigenvalue weighted by atomic mass is 35.5. The molecule has 2 atom stereocenters. The zero-order chi connectivity index (χ0) is 30.4. The molecule has 4 aromatic rings. The maximum atomic E-state index is 14.3. The van der Waals surface area contributed by atoms with Crippen LogP contribution in [0.3, 0.4) is 0 Å². The number of piperazine rings is 1. The summed E-state index contributed by atoms with van der Waals surface area (Å²) in [5.41, 5.74) is 5.73. The van der Waals surface area contributed by atoms with Crippen molar-refractivity contribution in [3.8, 4) is 16.9 Å². The van der Waals surface area contributed by atoms with Gasteiger partial charge in [-0.1, -0.05) is 86.6 Å². The largest absolute Gasteiger partial charge is 0.355 e. The number of rotatable bonds is 3. The molecule has 6 rings (SSSR count). The third-order valence-electron chi connectivity index (χ3n) is 8.63. The van der Waals surface area contributed by atoms with Crippen molar-refractivity contribution in [1.82, 2.24) is 19.4 Å². The number of amides is 1. The second-order valence-electron chi connectivity index (χ2n) is 11.8. The van der Waals surface area contributed by atoms with Crippen LogP contribution in [0.15, 0.2) is 78.1 Å². The molecule has 0 spiro atoms. The molecule has 220 valence electrons. The Morgan fingerprint density at radius 1 is 1.00 bits per heavy atom. The number of hydrogen-bond acceptors (Lipinski definition) is 5. The van der Waals surface area contributed by atoms with Crippen molar-refractivity contribution >= 4 is 34.4 Å². The van der Waals surface area contributed by atoms with E-state index in [0.29, 0.717) is 47.1 Å². The summed E-state index contributed by atoms with van der Waals surface area (Å²) in [7, 11) is 0. The molecular formula is C35H36ClN5O2. The predicted octanol–water partition coefficient (Wildman–Crippen LogP) is 6.49. The van der Waals surface area contributed by atoms with Crippen molar-refractivity contribution in [2.75, 3.05) is 18.0 Å². The molecule has 2 aliphatic heterocycles. The molecule has 43 heavy (non-hydrogen) atoms. The Hall–Kier alpha value is -4.23. The number of aromatic nitrogens is 3. The Kier molecular flexibility index (Phi) is 7.69. The summed E-state index contributed by atoms with van der Waals surface area (Å²) in [6.45, 7) is 13.0. The average Bonchev–Trinajstić information content (AvgIpc) is 2.99. The Morgan fingerprint density at radius 3 is 2.47 bits per heavy atom. The van der Waals surface area contributed by atoms with Gasteiger partial charge in [-0.25, -0.2) is 14.3 Å². The highest BCUT2D eigenvalue weighted by Gasteiger charge is 2.34. The lowest BCUT2D eigenvalue weighted by Crippen LogP contribution is -2.58. The number of nitrogens with zero attached hydrogens (tertiary/aromatic N) is 5. The van der Waals surface area contributed by atoms with Crippen LogP contribution in [-0.4, -0.2) is 50.5 Å². The van der Waals surface area contributed by atoms with Gasteiger partial charge in [-0.3, -0.25) is 4.79 Å². The van der Waals surface area contributed by atoms with E-state index in [9.17, 15) is 9.59 Å². The SMILES string of the molecule is C=CC(=O)N1C[C@H](C)N(c2nc(=O)n3c4nc(c(Cl)cc24)-c2ccccc2C/C=C/Cc2cccc(C(C)C)c2-3)C[C@H]1C. The molecule has 0 radical (unpaired) electrons. The Labute approximate surface area is 257 Å². The number of para-hydroxylation sites is 1. The smallest absolute Gasteiger partial charge is 0.349 e. The maximum Gasteiger partial charge on any atom is 0.355 e. The molecule has 2 aromatic heterocycles. The van der Waals surface area contributed by atoms with Gasteiger partial charge in [0.25, 0.3) is 0 Å².